The van der Waals surface area contributed by atoms with Crippen molar-refractivity contribution in [2.24, 2.45) is 17.6 Å². The van der Waals surface area contributed by atoms with E-state index in [1.807, 2.05) is 25.1 Å². The molecule has 1 rings (SSSR count). The Kier molecular flexibility index (Phi) is 6.31. The number of nitrogens with two attached hydrogens (primary N) is 1. The molecule has 0 aliphatic rings. The number of benzene rings is 1. The molecule has 5 heteroatoms. The van der Waals surface area contributed by atoms with E-state index in [-0.39, 0.29) is 18.3 Å². The zero-order chi connectivity index (χ0) is 15.1. The lowest BCUT2D eigenvalue weighted by Crippen LogP contribution is -2.24. The number of hydrogen-bond donors (Lipinski definition) is 2. The first-order valence-corrected chi connectivity index (χ1v) is 6.64. The molecular weight excluding hydrogens is 258 g/mol. The molecule has 0 saturated heterocycles. The van der Waals surface area contributed by atoms with Crippen LogP contribution in [0, 0.1) is 11.8 Å². The Morgan fingerprint density at radius 1 is 1.30 bits per heavy atom. The molecule has 5 nitrogen and oxygen atoms in total. The Morgan fingerprint density at radius 2 is 1.95 bits per heavy atom. The van der Waals surface area contributed by atoms with Gasteiger partial charge >= 0.3 is 5.97 Å². The molecule has 20 heavy (non-hydrogen) atoms. The standard InChI is InChI=1S/C15H23NO4/c1-10(9-16)12(8-15(17)18)6-11-4-5-13(19-2)14(7-11)20-3/h4-5,7,10,12H,6,8-9,16H2,1-3H3,(H,17,18). The molecule has 0 aromatic heterocycles. The predicted molar refractivity (Wildman–Crippen MR) is 77.2 cm³/mol. The van der Waals surface area contributed by atoms with Gasteiger partial charge in [-0.15, -0.1) is 0 Å². The van der Waals surface area contributed by atoms with Gasteiger partial charge in [-0.1, -0.05) is 13.0 Å². The second-order valence-electron chi connectivity index (χ2n) is 4.96. The molecule has 112 valence electrons. The van der Waals surface area contributed by atoms with E-state index >= 15 is 0 Å². The van der Waals surface area contributed by atoms with E-state index in [1.54, 1.807) is 14.2 Å². The molecule has 0 fully saturated rings. The third-order valence-corrected chi connectivity index (χ3v) is 3.56. The van der Waals surface area contributed by atoms with Gasteiger partial charge in [-0.3, -0.25) is 4.79 Å². The van der Waals surface area contributed by atoms with Gasteiger partial charge in [0.05, 0.1) is 14.2 Å². The average Bonchev–Trinajstić information content (AvgIpc) is 2.45. The summed E-state index contributed by atoms with van der Waals surface area (Å²) in [6.45, 7) is 2.46. The number of methoxy groups -OCH3 is 2. The molecule has 0 bridgehead atoms. The molecule has 0 radical (unpaired) electrons. The van der Waals surface area contributed by atoms with Crippen molar-refractivity contribution in [2.75, 3.05) is 20.8 Å². The Balaban J connectivity index is 2.90. The molecule has 0 saturated carbocycles. The fraction of sp³-hybridized carbons (Fsp3) is 0.533. The zero-order valence-corrected chi connectivity index (χ0v) is 12.3. The first-order valence-electron chi connectivity index (χ1n) is 6.64. The van der Waals surface area contributed by atoms with Crippen LogP contribution in [0.1, 0.15) is 18.9 Å². The van der Waals surface area contributed by atoms with Crippen LogP contribution in [0.3, 0.4) is 0 Å². The van der Waals surface area contributed by atoms with Gasteiger partial charge in [-0.2, -0.15) is 0 Å². The maximum absolute atomic E-state index is 11.0. The van der Waals surface area contributed by atoms with Crippen LogP contribution < -0.4 is 15.2 Å². The smallest absolute Gasteiger partial charge is 0.303 e. The topological polar surface area (TPSA) is 81.8 Å². The van der Waals surface area contributed by atoms with Crippen molar-refractivity contribution in [1.29, 1.82) is 0 Å². The van der Waals surface area contributed by atoms with Gasteiger partial charge < -0.3 is 20.3 Å². The molecule has 1 aromatic carbocycles. The van der Waals surface area contributed by atoms with Crippen LogP contribution >= 0.6 is 0 Å². The van der Waals surface area contributed by atoms with Crippen molar-refractivity contribution >= 4 is 5.97 Å². The summed E-state index contributed by atoms with van der Waals surface area (Å²) in [5.74, 6) is 0.683. The van der Waals surface area contributed by atoms with Crippen molar-refractivity contribution in [3.63, 3.8) is 0 Å². The monoisotopic (exact) mass is 281 g/mol. The minimum absolute atomic E-state index is 0.00982. The molecule has 1 aromatic rings. The number of carboxylic acid groups (broad SMARTS) is 1. The number of ether oxygens (including phenoxy) is 2. The van der Waals surface area contributed by atoms with E-state index in [4.69, 9.17) is 20.3 Å². The molecule has 2 atom stereocenters. The van der Waals surface area contributed by atoms with Gasteiger partial charge in [-0.25, -0.2) is 0 Å². The zero-order valence-electron chi connectivity index (χ0n) is 12.3. The Morgan fingerprint density at radius 3 is 2.45 bits per heavy atom. The van der Waals surface area contributed by atoms with E-state index in [9.17, 15) is 4.79 Å². The Labute approximate surface area is 119 Å². The summed E-state index contributed by atoms with van der Waals surface area (Å²) in [4.78, 5) is 11.0. The highest BCUT2D eigenvalue weighted by molar-refractivity contribution is 5.67. The van der Waals surface area contributed by atoms with Crippen molar-refractivity contribution in [3.05, 3.63) is 23.8 Å². The second-order valence-corrected chi connectivity index (χ2v) is 4.96. The first-order chi connectivity index (χ1) is 9.51. The van der Waals surface area contributed by atoms with Crippen LogP contribution in [0.15, 0.2) is 18.2 Å². The second kappa shape index (κ2) is 7.75. The highest BCUT2D eigenvalue weighted by Gasteiger charge is 2.20. The molecule has 2 unspecified atom stereocenters. The number of aliphatic carboxylic acids is 1. The predicted octanol–water partition coefficient (Wildman–Crippen LogP) is 1.93. The molecule has 0 spiro atoms. The summed E-state index contributed by atoms with van der Waals surface area (Å²) in [5, 5.41) is 9.00. The Hall–Kier alpha value is -1.75. The van der Waals surface area contributed by atoms with Crippen LogP contribution in [-0.2, 0) is 11.2 Å². The van der Waals surface area contributed by atoms with E-state index in [0.29, 0.717) is 24.5 Å². The van der Waals surface area contributed by atoms with Crippen LogP contribution in [0.5, 0.6) is 11.5 Å². The molecule has 3 N–H and O–H groups in total. The average molecular weight is 281 g/mol. The van der Waals surface area contributed by atoms with Gasteiger partial charge in [0.25, 0.3) is 0 Å². The molecular formula is C15H23NO4. The fourth-order valence-electron chi connectivity index (χ4n) is 2.20. The van der Waals surface area contributed by atoms with Crippen LogP contribution in [0.25, 0.3) is 0 Å². The fourth-order valence-corrected chi connectivity index (χ4v) is 2.20. The Bertz CT molecular complexity index is 447. The summed E-state index contributed by atoms with van der Waals surface area (Å²) in [6.07, 6.45) is 0.776. The number of hydrogen-bond acceptors (Lipinski definition) is 4. The molecule has 0 heterocycles. The highest BCUT2D eigenvalue weighted by Crippen LogP contribution is 2.30. The van der Waals surface area contributed by atoms with Crippen molar-refractivity contribution < 1.29 is 19.4 Å². The normalized spacial score (nSPS) is 13.6. The summed E-state index contributed by atoms with van der Waals surface area (Å²) in [6, 6.07) is 5.65. The van der Waals surface area contributed by atoms with Crippen LogP contribution in [0.2, 0.25) is 0 Å². The SMILES string of the molecule is COc1ccc(CC(CC(=O)O)C(C)CN)cc1OC. The van der Waals surface area contributed by atoms with Gasteiger partial charge in [0.2, 0.25) is 0 Å². The lowest BCUT2D eigenvalue weighted by atomic mass is 9.85. The maximum Gasteiger partial charge on any atom is 0.303 e. The van der Waals surface area contributed by atoms with Crippen molar-refractivity contribution in [2.45, 2.75) is 19.8 Å². The van der Waals surface area contributed by atoms with E-state index in [0.717, 1.165) is 5.56 Å². The number of carboxylic acids is 1. The van der Waals surface area contributed by atoms with Crippen molar-refractivity contribution in [3.8, 4) is 11.5 Å². The summed E-state index contributed by atoms with van der Waals surface area (Å²) >= 11 is 0. The number of rotatable bonds is 8. The van der Waals surface area contributed by atoms with E-state index in [1.165, 1.54) is 0 Å². The molecule has 0 aliphatic carbocycles. The minimum atomic E-state index is -0.796. The maximum atomic E-state index is 11.0. The van der Waals surface area contributed by atoms with Crippen molar-refractivity contribution in [1.82, 2.24) is 0 Å². The summed E-state index contributed by atoms with van der Waals surface area (Å²) in [5.41, 5.74) is 6.69. The van der Waals surface area contributed by atoms with Crippen LogP contribution in [0.4, 0.5) is 0 Å². The third kappa shape index (κ3) is 4.42. The lowest BCUT2D eigenvalue weighted by molar-refractivity contribution is -0.138. The molecule has 0 aliphatic heterocycles. The third-order valence-electron chi connectivity index (χ3n) is 3.56. The van der Waals surface area contributed by atoms with Gasteiger partial charge in [0.1, 0.15) is 0 Å². The number of carbonyl (C=O) groups is 1. The lowest BCUT2D eigenvalue weighted by Gasteiger charge is -2.21. The van der Waals surface area contributed by atoms with Gasteiger partial charge in [0.15, 0.2) is 11.5 Å². The summed E-state index contributed by atoms with van der Waals surface area (Å²) in [7, 11) is 3.17. The van der Waals surface area contributed by atoms with Gasteiger partial charge in [-0.05, 0) is 42.5 Å². The van der Waals surface area contributed by atoms with E-state index < -0.39 is 5.97 Å². The summed E-state index contributed by atoms with van der Waals surface area (Å²) < 4.78 is 10.5. The minimum Gasteiger partial charge on any atom is -0.493 e. The quantitative estimate of drug-likeness (QED) is 0.761. The largest absolute Gasteiger partial charge is 0.493 e. The van der Waals surface area contributed by atoms with E-state index in [2.05, 4.69) is 0 Å². The van der Waals surface area contributed by atoms with Gasteiger partial charge in [0, 0.05) is 6.42 Å². The molecule has 0 amide bonds. The highest BCUT2D eigenvalue weighted by atomic mass is 16.5. The first kappa shape index (κ1) is 16.3. The van der Waals surface area contributed by atoms with Crippen LogP contribution in [-0.4, -0.2) is 31.8 Å².